The van der Waals surface area contributed by atoms with Gasteiger partial charge in [0.25, 0.3) is 5.91 Å². The Morgan fingerprint density at radius 2 is 1.93 bits per heavy atom. The number of pyridine rings is 1. The van der Waals surface area contributed by atoms with Gasteiger partial charge in [0.1, 0.15) is 11.5 Å². The summed E-state index contributed by atoms with van der Waals surface area (Å²) >= 11 is 0. The van der Waals surface area contributed by atoms with E-state index in [0.29, 0.717) is 39.9 Å². The molecule has 8 heteroatoms. The van der Waals surface area contributed by atoms with Crippen molar-refractivity contribution in [3.8, 4) is 23.0 Å². The first-order valence-electron chi connectivity index (χ1n) is 9.36. The Labute approximate surface area is 173 Å². The Morgan fingerprint density at radius 1 is 1.07 bits per heavy atom. The van der Waals surface area contributed by atoms with Crippen LogP contribution < -0.4 is 29.2 Å². The molecule has 30 heavy (non-hydrogen) atoms. The minimum Gasteiger partial charge on any atom is -0.497 e. The van der Waals surface area contributed by atoms with Crippen LogP contribution in [0.3, 0.4) is 0 Å². The minimum atomic E-state index is -0.531. The number of nitrogens with one attached hydrogen (secondary N) is 1. The number of carbonyl (C=O) groups is 1. The third kappa shape index (κ3) is 2.85. The van der Waals surface area contributed by atoms with Crippen molar-refractivity contribution >= 4 is 17.3 Å². The van der Waals surface area contributed by atoms with Crippen LogP contribution in [0, 0.1) is 0 Å². The molecule has 0 aliphatic carbocycles. The molecule has 0 spiro atoms. The summed E-state index contributed by atoms with van der Waals surface area (Å²) in [6.45, 7) is 0.195. The number of hydrogen-bond acceptors (Lipinski definition) is 7. The molecule has 3 aromatic rings. The molecule has 1 N–H and O–H groups in total. The molecule has 0 saturated carbocycles. The SMILES string of the molecule is COc1ccc(N2C(=O)c3cccnc3[C@H]2Nc2ccc3c(c2)OCO3)c(OC)c1. The van der Waals surface area contributed by atoms with E-state index in [-0.39, 0.29) is 12.7 Å². The number of ether oxygens (including phenoxy) is 4. The molecule has 152 valence electrons. The molecule has 3 heterocycles. The van der Waals surface area contributed by atoms with Crippen molar-refractivity contribution in [3.05, 3.63) is 66.0 Å². The van der Waals surface area contributed by atoms with Crippen molar-refractivity contribution in [1.82, 2.24) is 4.98 Å². The second kappa shape index (κ2) is 7.14. The monoisotopic (exact) mass is 405 g/mol. The van der Waals surface area contributed by atoms with Crippen molar-refractivity contribution in [2.24, 2.45) is 0 Å². The number of fused-ring (bicyclic) bond motifs is 2. The minimum absolute atomic E-state index is 0.167. The summed E-state index contributed by atoms with van der Waals surface area (Å²) in [5.41, 5.74) is 2.55. The summed E-state index contributed by atoms with van der Waals surface area (Å²) in [7, 11) is 3.14. The fraction of sp³-hybridized carbons (Fsp3) is 0.182. The van der Waals surface area contributed by atoms with Crippen LogP contribution in [0.2, 0.25) is 0 Å². The average molecular weight is 405 g/mol. The van der Waals surface area contributed by atoms with Gasteiger partial charge in [0.15, 0.2) is 17.7 Å². The Hall–Kier alpha value is -3.94. The van der Waals surface area contributed by atoms with E-state index in [2.05, 4.69) is 10.3 Å². The number of aromatic nitrogens is 1. The predicted molar refractivity (Wildman–Crippen MR) is 110 cm³/mol. The van der Waals surface area contributed by atoms with Gasteiger partial charge >= 0.3 is 0 Å². The van der Waals surface area contributed by atoms with Crippen molar-refractivity contribution in [2.45, 2.75) is 6.17 Å². The van der Waals surface area contributed by atoms with Gasteiger partial charge in [-0.1, -0.05) is 0 Å². The lowest BCUT2D eigenvalue weighted by Crippen LogP contribution is -2.32. The molecule has 2 aromatic carbocycles. The lowest BCUT2D eigenvalue weighted by atomic mass is 10.2. The van der Waals surface area contributed by atoms with Crippen LogP contribution >= 0.6 is 0 Å². The molecule has 2 aliphatic heterocycles. The molecule has 0 radical (unpaired) electrons. The first-order valence-corrected chi connectivity index (χ1v) is 9.36. The Bertz CT molecular complexity index is 1130. The summed E-state index contributed by atoms with van der Waals surface area (Å²) < 4.78 is 21.7. The zero-order chi connectivity index (χ0) is 20.7. The van der Waals surface area contributed by atoms with Crippen molar-refractivity contribution in [1.29, 1.82) is 0 Å². The van der Waals surface area contributed by atoms with Gasteiger partial charge in [-0.15, -0.1) is 0 Å². The molecule has 0 fully saturated rings. The van der Waals surface area contributed by atoms with Crippen molar-refractivity contribution < 1.29 is 23.7 Å². The highest BCUT2D eigenvalue weighted by molar-refractivity contribution is 6.11. The number of methoxy groups -OCH3 is 2. The Morgan fingerprint density at radius 3 is 2.77 bits per heavy atom. The second-order valence-corrected chi connectivity index (χ2v) is 6.76. The molecule has 8 nitrogen and oxygen atoms in total. The maximum Gasteiger partial charge on any atom is 0.262 e. The van der Waals surface area contributed by atoms with Crippen LogP contribution in [0.25, 0.3) is 0 Å². The zero-order valence-corrected chi connectivity index (χ0v) is 16.4. The molecule has 1 atom stereocenters. The van der Waals surface area contributed by atoms with E-state index in [9.17, 15) is 4.79 Å². The number of hydrogen-bond donors (Lipinski definition) is 1. The lowest BCUT2D eigenvalue weighted by Gasteiger charge is -2.28. The first-order chi connectivity index (χ1) is 14.7. The van der Waals surface area contributed by atoms with Gasteiger partial charge in [-0.25, -0.2) is 0 Å². The first kappa shape index (κ1) is 18.1. The maximum atomic E-state index is 13.3. The van der Waals surface area contributed by atoms with E-state index >= 15 is 0 Å². The third-order valence-electron chi connectivity index (χ3n) is 5.13. The molecule has 0 saturated heterocycles. The molecule has 0 unspecified atom stereocenters. The van der Waals surface area contributed by atoms with Gasteiger partial charge in [-0.05, 0) is 36.4 Å². The highest BCUT2D eigenvalue weighted by Gasteiger charge is 2.40. The van der Waals surface area contributed by atoms with Gasteiger partial charge in [0.2, 0.25) is 6.79 Å². The van der Waals surface area contributed by atoms with Gasteiger partial charge in [-0.2, -0.15) is 0 Å². The average Bonchev–Trinajstić information content (AvgIpc) is 3.36. The summed E-state index contributed by atoms with van der Waals surface area (Å²) in [6, 6.07) is 14.4. The zero-order valence-electron chi connectivity index (χ0n) is 16.4. The van der Waals surface area contributed by atoms with Crippen LogP contribution in [0.15, 0.2) is 54.7 Å². The summed E-state index contributed by atoms with van der Waals surface area (Å²) in [5.74, 6) is 2.33. The molecular formula is C22H19N3O5. The summed E-state index contributed by atoms with van der Waals surface area (Å²) in [4.78, 5) is 19.4. The highest BCUT2D eigenvalue weighted by atomic mass is 16.7. The number of carbonyl (C=O) groups excluding carboxylic acids is 1. The fourth-order valence-corrected chi connectivity index (χ4v) is 3.70. The number of nitrogens with zero attached hydrogens (tertiary/aromatic N) is 2. The van der Waals surface area contributed by atoms with Crippen LogP contribution in [0.5, 0.6) is 23.0 Å². The number of benzene rings is 2. The maximum absolute atomic E-state index is 13.3. The van der Waals surface area contributed by atoms with Crippen LogP contribution in [0.1, 0.15) is 22.2 Å². The molecule has 1 aromatic heterocycles. The molecule has 2 aliphatic rings. The quantitative estimate of drug-likeness (QED) is 0.694. The molecule has 5 rings (SSSR count). The fourth-order valence-electron chi connectivity index (χ4n) is 3.70. The largest absolute Gasteiger partial charge is 0.497 e. The molecule has 0 bridgehead atoms. The van der Waals surface area contributed by atoms with Gasteiger partial charge in [0, 0.05) is 24.0 Å². The summed E-state index contributed by atoms with van der Waals surface area (Å²) in [5, 5.41) is 3.41. The molecule has 1 amide bonds. The van der Waals surface area contributed by atoms with Crippen LogP contribution in [0.4, 0.5) is 11.4 Å². The van der Waals surface area contributed by atoms with E-state index in [1.807, 2.05) is 18.2 Å². The standard InChI is InChI=1S/C22H19N3O5/c1-27-14-6-7-16(18(11-14)28-2)25-21(20-15(22(25)26)4-3-9-23-20)24-13-5-8-17-19(10-13)30-12-29-17/h3-11,21,24H,12H2,1-2H3/t21-/m0/s1. The van der Waals surface area contributed by atoms with E-state index in [4.69, 9.17) is 18.9 Å². The topological polar surface area (TPSA) is 82.2 Å². The van der Waals surface area contributed by atoms with E-state index < -0.39 is 6.17 Å². The lowest BCUT2D eigenvalue weighted by molar-refractivity contribution is 0.0992. The normalized spacial score (nSPS) is 16.4. The van der Waals surface area contributed by atoms with E-state index in [1.165, 1.54) is 0 Å². The van der Waals surface area contributed by atoms with Crippen LogP contribution in [-0.4, -0.2) is 31.9 Å². The Kier molecular flexibility index (Phi) is 4.31. The van der Waals surface area contributed by atoms with Gasteiger partial charge in [-0.3, -0.25) is 14.7 Å². The second-order valence-electron chi connectivity index (χ2n) is 6.76. The Balaban J connectivity index is 1.58. The van der Waals surface area contributed by atoms with Crippen LogP contribution in [-0.2, 0) is 0 Å². The van der Waals surface area contributed by atoms with Gasteiger partial charge in [0.05, 0.1) is 31.2 Å². The van der Waals surface area contributed by atoms with Gasteiger partial charge < -0.3 is 24.3 Å². The predicted octanol–water partition coefficient (Wildman–Crippen LogP) is 3.60. The summed E-state index contributed by atoms with van der Waals surface area (Å²) in [6.07, 6.45) is 1.14. The highest BCUT2D eigenvalue weighted by Crippen LogP contribution is 2.43. The third-order valence-corrected chi connectivity index (χ3v) is 5.13. The van der Waals surface area contributed by atoms with Crippen molar-refractivity contribution in [2.75, 3.05) is 31.2 Å². The van der Waals surface area contributed by atoms with Crippen molar-refractivity contribution in [3.63, 3.8) is 0 Å². The molecular weight excluding hydrogens is 386 g/mol. The van der Waals surface area contributed by atoms with E-state index in [0.717, 1.165) is 5.69 Å². The number of amides is 1. The number of anilines is 2. The van der Waals surface area contributed by atoms with E-state index in [1.54, 1.807) is 55.6 Å². The smallest absolute Gasteiger partial charge is 0.262 e. The number of rotatable bonds is 5.